The second-order valence-corrected chi connectivity index (χ2v) is 8.81. The molecule has 0 radical (unpaired) electrons. The Morgan fingerprint density at radius 1 is 1.17 bits per heavy atom. The van der Waals surface area contributed by atoms with Crippen molar-refractivity contribution in [1.29, 1.82) is 0 Å². The lowest BCUT2D eigenvalue weighted by Gasteiger charge is -2.05. The third-order valence-electron chi connectivity index (χ3n) is 3.82. The van der Waals surface area contributed by atoms with E-state index in [1.165, 1.54) is 30.0 Å². The van der Waals surface area contributed by atoms with E-state index in [0.29, 0.717) is 33.2 Å². The topological polar surface area (TPSA) is 92.9 Å². The first-order valence-corrected chi connectivity index (χ1v) is 11.0. The number of thioether (sulfide) groups is 1. The van der Waals surface area contributed by atoms with Crippen LogP contribution in [-0.2, 0) is 10.5 Å². The maximum atomic E-state index is 11.2. The molecule has 0 saturated heterocycles. The third kappa shape index (κ3) is 5.38. The van der Waals surface area contributed by atoms with Crippen molar-refractivity contribution >= 4 is 57.1 Å². The molecule has 30 heavy (non-hydrogen) atoms. The Hall–Kier alpha value is -2.88. The summed E-state index contributed by atoms with van der Waals surface area (Å²) in [4.78, 5) is 15.5. The highest BCUT2D eigenvalue weighted by atomic mass is 35.5. The summed E-state index contributed by atoms with van der Waals surface area (Å²) in [5.41, 5.74) is 2.41. The summed E-state index contributed by atoms with van der Waals surface area (Å²) in [6.45, 7) is 1.47. The molecule has 0 atom stereocenters. The van der Waals surface area contributed by atoms with Gasteiger partial charge in [-0.3, -0.25) is 4.79 Å². The number of carbonyl (C=O) groups is 1. The van der Waals surface area contributed by atoms with Crippen LogP contribution >= 0.6 is 34.7 Å². The molecule has 0 aliphatic heterocycles. The second kappa shape index (κ2) is 9.29. The van der Waals surface area contributed by atoms with Crippen LogP contribution in [0.5, 0.6) is 0 Å². The first-order valence-electron chi connectivity index (χ1n) is 8.87. The minimum Gasteiger partial charge on any atom is -0.440 e. The highest BCUT2D eigenvalue weighted by Gasteiger charge is 2.10. The predicted octanol–water partition coefficient (Wildman–Crippen LogP) is 5.84. The molecule has 2 aromatic heterocycles. The van der Waals surface area contributed by atoms with E-state index in [2.05, 4.69) is 25.8 Å². The zero-order valence-corrected chi connectivity index (χ0v) is 18.1. The number of anilines is 3. The van der Waals surface area contributed by atoms with E-state index >= 15 is 0 Å². The van der Waals surface area contributed by atoms with Crippen molar-refractivity contribution in [2.75, 3.05) is 10.6 Å². The quantitative estimate of drug-likeness (QED) is 0.336. The molecule has 10 heteroatoms. The Balaban J connectivity index is 1.36. The third-order valence-corrected chi connectivity index (χ3v) is 6.01. The first kappa shape index (κ1) is 20.4. The van der Waals surface area contributed by atoms with Gasteiger partial charge in [0.2, 0.25) is 16.9 Å². The maximum absolute atomic E-state index is 11.2. The Labute approximate surface area is 185 Å². The van der Waals surface area contributed by atoms with Crippen LogP contribution in [0.15, 0.2) is 63.5 Å². The summed E-state index contributed by atoms with van der Waals surface area (Å²) in [5, 5.41) is 15.6. The van der Waals surface area contributed by atoms with Gasteiger partial charge < -0.3 is 15.1 Å². The maximum Gasteiger partial charge on any atom is 0.221 e. The normalized spacial score (nSPS) is 10.7. The van der Waals surface area contributed by atoms with E-state index in [1.807, 2.05) is 48.5 Å². The molecule has 1 amide bonds. The molecule has 0 bridgehead atoms. The van der Waals surface area contributed by atoms with E-state index in [-0.39, 0.29) is 5.91 Å². The number of hydrogen-bond acceptors (Lipinski definition) is 8. The summed E-state index contributed by atoms with van der Waals surface area (Å²) in [6, 6.07) is 14.8. The predicted molar refractivity (Wildman–Crippen MR) is 120 cm³/mol. The second-order valence-electron chi connectivity index (χ2n) is 6.18. The summed E-state index contributed by atoms with van der Waals surface area (Å²) in [5.74, 6) is 1.69. The van der Waals surface area contributed by atoms with Gasteiger partial charge in [0.1, 0.15) is 0 Å². The molecule has 0 aliphatic rings. The number of rotatable bonds is 7. The summed E-state index contributed by atoms with van der Waals surface area (Å²) in [7, 11) is 0. The van der Waals surface area contributed by atoms with Crippen LogP contribution in [-0.4, -0.2) is 21.1 Å². The molecule has 0 aliphatic carbocycles. The molecule has 2 aromatic carbocycles. The van der Waals surface area contributed by atoms with E-state index in [1.54, 1.807) is 6.20 Å². The van der Waals surface area contributed by atoms with Crippen molar-refractivity contribution in [3.8, 4) is 11.3 Å². The zero-order valence-electron chi connectivity index (χ0n) is 15.8. The summed E-state index contributed by atoms with van der Waals surface area (Å²) >= 11 is 8.95. The number of halogens is 1. The first-order chi connectivity index (χ1) is 14.5. The molecule has 0 unspecified atom stereocenters. The average Bonchev–Trinajstić information content (AvgIpc) is 3.36. The largest absolute Gasteiger partial charge is 0.440 e. The van der Waals surface area contributed by atoms with Crippen LogP contribution in [0.1, 0.15) is 12.8 Å². The van der Waals surface area contributed by atoms with Crippen molar-refractivity contribution in [3.05, 3.63) is 65.6 Å². The van der Waals surface area contributed by atoms with Crippen LogP contribution in [0.4, 0.5) is 16.5 Å². The van der Waals surface area contributed by atoms with Crippen molar-refractivity contribution in [2.24, 2.45) is 0 Å². The van der Waals surface area contributed by atoms with Crippen LogP contribution in [0.25, 0.3) is 11.3 Å². The number of nitrogens with one attached hydrogen (secondary N) is 2. The molecule has 2 heterocycles. The fourth-order valence-electron chi connectivity index (χ4n) is 2.60. The minimum absolute atomic E-state index is 0.119. The molecular formula is C20H16ClN5O2S2. The number of hydrogen-bond donors (Lipinski definition) is 2. The molecule has 2 N–H and O–H groups in total. The van der Waals surface area contributed by atoms with Gasteiger partial charge in [-0.15, -0.1) is 10.2 Å². The van der Waals surface area contributed by atoms with Crippen molar-refractivity contribution < 1.29 is 9.21 Å². The number of carbonyl (C=O) groups excluding carboxylic acids is 1. The highest BCUT2D eigenvalue weighted by molar-refractivity contribution is 8.00. The SMILES string of the molecule is CC(=O)Nc1cccc(Nc2nnc(SCc3ncc(-c4cccc(Cl)c4)o3)s2)c1. The van der Waals surface area contributed by atoms with E-state index < -0.39 is 0 Å². The fourth-order valence-corrected chi connectivity index (χ4v) is 4.41. The molecule has 0 saturated carbocycles. The summed E-state index contributed by atoms with van der Waals surface area (Å²) in [6.07, 6.45) is 1.69. The number of benzene rings is 2. The van der Waals surface area contributed by atoms with Gasteiger partial charge in [-0.05, 0) is 30.3 Å². The number of amides is 1. The standard InChI is InChI=1S/C20H16ClN5O2S2/c1-12(27)23-15-6-3-7-16(9-15)24-19-25-26-20(30-19)29-11-18-22-10-17(28-18)13-4-2-5-14(21)8-13/h2-10H,11H2,1H3,(H,23,27)(H,24,25). The lowest BCUT2D eigenvalue weighted by molar-refractivity contribution is -0.114. The molecule has 0 fully saturated rings. The molecule has 4 rings (SSSR count). The van der Waals surface area contributed by atoms with Gasteiger partial charge in [0, 0.05) is 28.9 Å². The van der Waals surface area contributed by atoms with Gasteiger partial charge in [0.05, 0.1) is 11.9 Å². The average molecular weight is 458 g/mol. The van der Waals surface area contributed by atoms with Gasteiger partial charge in [0.15, 0.2) is 10.1 Å². The smallest absolute Gasteiger partial charge is 0.221 e. The van der Waals surface area contributed by atoms with Gasteiger partial charge in [-0.1, -0.05) is 52.9 Å². The van der Waals surface area contributed by atoms with Gasteiger partial charge in [-0.25, -0.2) is 4.98 Å². The van der Waals surface area contributed by atoms with Gasteiger partial charge in [0.25, 0.3) is 0 Å². The Bertz CT molecular complexity index is 1180. The van der Waals surface area contributed by atoms with Crippen LogP contribution in [0.2, 0.25) is 5.02 Å². The van der Waals surface area contributed by atoms with Crippen LogP contribution in [0.3, 0.4) is 0 Å². The Kier molecular flexibility index (Phi) is 6.32. The zero-order chi connectivity index (χ0) is 20.9. The molecular weight excluding hydrogens is 442 g/mol. The molecule has 152 valence electrons. The Morgan fingerprint density at radius 2 is 2.00 bits per heavy atom. The lowest BCUT2D eigenvalue weighted by atomic mass is 10.2. The minimum atomic E-state index is -0.119. The molecule has 4 aromatic rings. The van der Waals surface area contributed by atoms with Crippen molar-refractivity contribution in [2.45, 2.75) is 17.0 Å². The number of aromatic nitrogens is 3. The van der Waals surface area contributed by atoms with Crippen molar-refractivity contribution in [3.63, 3.8) is 0 Å². The fraction of sp³-hybridized carbons (Fsp3) is 0.100. The Morgan fingerprint density at radius 3 is 2.83 bits per heavy atom. The van der Waals surface area contributed by atoms with E-state index in [4.69, 9.17) is 16.0 Å². The number of nitrogens with zero attached hydrogens (tertiary/aromatic N) is 3. The van der Waals surface area contributed by atoms with E-state index in [0.717, 1.165) is 15.6 Å². The monoisotopic (exact) mass is 457 g/mol. The lowest BCUT2D eigenvalue weighted by Crippen LogP contribution is -2.05. The summed E-state index contributed by atoms with van der Waals surface area (Å²) < 4.78 is 6.60. The molecule has 7 nitrogen and oxygen atoms in total. The van der Waals surface area contributed by atoms with E-state index in [9.17, 15) is 4.79 Å². The van der Waals surface area contributed by atoms with Gasteiger partial charge in [-0.2, -0.15) is 0 Å². The van der Waals surface area contributed by atoms with Crippen LogP contribution in [0, 0.1) is 0 Å². The highest BCUT2D eigenvalue weighted by Crippen LogP contribution is 2.31. The number of oxazole rings is 1. The van der Waals surface area contributed by atoms with Gasteiger partial charge >= 0.3 is 0 Å². The van der Waals surface area contributed by atoms with Crippen LogP contribution < -0.4 is 10.6 Å². The van der Waals surface area contributed by atoms with Crippen molar-refractivity contribution in [1.82, 2.24) is 15.2 Å². The molecule has 0 spiro atoms.